The maximum Gasteiger partial charge on any atom is 0.322 e. The lowest BCUT2D eigenvalue weighted by Gasteiger charge is -2.35. The molecule has 30 heavy (non-hydrogen) atoms. The maximum atomic E-state index is 12.7. The van der Waals surface area contributed by atoms with Crippen LogP contribution in [0.3, 0.4) is 0 Å². The van der Waals surface area contributed by atoms with E-state index in [1.54, 1.807) is 30.2 Å². The number of hydrogen-bond acceptors (Lipinski definition) is 6. The number of hydrogen-bond donors (Lipinski definition) is 1. The van der Waals surface area contributed by atoms with Crippen LogP contribution in [-0.2, 0) is 0 Å². The largest absolute Gasteiger partial charge is 0.495 e. The van der Waals surface area contributed by atoms with Crippen LogP contribution in [0.2, 0.25) is 5.02 Å². The quantitative estimate of drug-likeness (QED) is 0.800. The van der Waals surface area contributed by atoms with Crippen LogP contribution in [0.4, 0.5) is 22.1 Å². The van der Waals surface area contributed by atoms with Gasteiger partial charge in [0.2, 0.25) is 0 Å². The van der Waals surface area contributed by atoms with E-state index >= 15 is 0 Å². The molecule has 0 saturated carbocycles. The molecule has 2 fully saturated rings. The third-order valence-corrected chi connectivity index (χ3v) is 5.85. The van der Waals surface area contributed by atoms with Gasteiger partial charge in [0.05, 0.1) is 12.8 Å². The van der Waals surface area contributed by atoms with Crippen molar-refractivity contribution >= 4 is 35.0 Å². The molecule has 2 aromatic rings. The summed E-state index contributed by atoms with van der Waals surface area (Å²) >= 11 is 6.05. The van der Waals surface area contributed by atoms with Gasteiger partial charge in [0, 0.05) is 44.3 Å². The number of rotatable bonds is 4. The third kappa shape index (κ3) is 4.70. The van der Waals surface area contributed by atoms with Crippen molar-refractivity contribution in [2.24, 2.45) is 0 Å². The fraction of sp³-hybridized carbons (Fsp3) is 0.476. The van der Waals surface area contributed by atoms with Crippen LogP contribution >= 0.6 is 11.6 Å². The number of carbonyl (C=O) groups is 1. The zero-order valence-electron chi connectivity index (χ0n) is 17.2. The number of nitrogens with one attached hydrogen (secondary N) is 1. The highest BCUT2D eigenvalue weighted by atomic mass is 35.5. The van der Waals surface area contributed by atoms with Crippen molar-refractivity contribution < 1.29 is 9.53 Å². The van der Waals surface area contributed by atoms with Gasteiger partial charge in [-0.2, -0.15) is 0 Å². The first-order chi connectivity index (χ1) is 14.6. The van der Waals surface area contributed by atoms with Gasteiger partial charge < -0.3 is 24.8 Å². The molecule has 0 aliphatic carbocycles. The molecular weight excluding hydrogens is 404 g/mol. The summed E-state index contributed by atoms with van der Waals surface area (Å²) in [5.74, 6) is 2.38. The molecule has 3 heterocycles. The van der Waals surface area contributed by atoms with Crippen LogP contribution in [0, 0.1) is 0 Å². The molecule has 1 aromatic heterocycles. The summed E-state index contributed by atoms with van der Waals surface area (Å²) < 4.78 is 5.30. The Kier molecular flexibility index (Phi) is 6.42. The van der Waals surface area contributed by atoms with Gasteiger partial charge in [-0.3, -0.25) is 0 Å². The monoisotopic (exact) mass is 430 g/mol. The number of nitrogens with zero attached hydrogens (tertiary/aromatic N) is 5. The van der Waals surface area contributed by atoms with Crippen LogP contribution in [0.25, 0.3) is 0 Å². The number of halogens is 1. The Bertz CT molecular complexity index is 864. The number of methoxy groups -OCH3 is 1. The van der Waals surface area contributed by atoms with Gasteiger partial charge in [0.15, 0.2) is 11.6 Å². The zero-order valence-corrected chi connectivity index (χ0v) is 17.9. The molecule has 8 nitrogen and oxygen atoms in total. The molecule has 0 bridgehead atoms. The summed E-state index contributed by atoms with van der Waals surface area (Å²) in [4.78, 5) is 18.9. The number of aromatic nitrogens is 2. The van der Waals surface area contributed by atoms with Crippen LogP contribution in [-0.4, -0.2) is 67.5 Å². The molecule has 1 aromatic carbocycles. The summed E-state index contributed by atoms with van der Waals surface area (Å²) in [6.45, 7) is 4.72. The molecule has 0 atom stereocenters. The molecule has 2 aliphatic heterocycles. The van der Waals surface area contributed by atoms with E-state index in [0.717, 1.165) is 24.7 Å². The predicted octanol–water partition coefficient (Wildman–Crippen LogP) is 3.48. The average Bonchev–Trinajstić information content (AvgIpc) is 2.80. The second-order valence-corrected chi connectivity index (χ2v) is 7.98. The number of benzene rings is 1. The van der Waals surface area contributed by atoms with Crippen molar-refractivity contribution in [1.82, 2.24) is 15.1 Å². The van der Waals surface area contributed by atoms with Crippen molar-refractivity contribution in [2.45, 2.75) is 19.3 Å². The number of anilines is 3. The van der Waals surface area contributed by atoms with Gasteiger partial charge in [-0.05, 0) is 49.6 Å². The molecule has 0 spiro atoms. The molecule has 0 unspecified atom stereocenters. The van der Waals surface area contributed by atoms with Crippen molar-refractivity contribution in [3.8, 4) is 5.75 Å². The zero-order chi connectivity index (χ0) is 20.9. The normalized spacial score (nSPS) is 17.1. The summed E-state index contributed by atoms with van der Waals surface area (Å²) in [5.41, 5.74) is 0.566. The first-order valence-corrected chi connectivity index (χ1v) is 10.7. The van der Waals surface area contributed by atoms with Crippen LogP contribution in [0.1, 0.15) is 19.3 Å². The highest BCUT2D eigenvalue weighted by Gasteiger charge is 2.23. The van der Waals surface area contributed by atoms with Crippen LogP contribution in [0.15, 0.2) is 30.3 Å². The fourth-order valence-electron chi connectivity index (χ4n) is 3.89. The van der Waals surface area contributed by atoms with E-state index in [1.165, 1.54) is 19.3 Å². The molecule has 2 amide bonds. The number of urea groups is 1. The Hall–Kier alpha value is -2.74. The summed E-state index contributed by atoms with van der Waals surface area (Å²) in [6, 6.07) is 9.08. The highest BCUT2D eigenvalue weighted by molar-refractivity contribution is 6.31. The van der Waals surface area contributed by atoms with Crippen molar-refractivity contribution in [1.29, 1.82) is 0 Å². The Morgan fingerprint density at radius 3 is 2.17 bits per heavy atom. The van der Waals surface area contributed by atoms with E-state index in [4.69, 9.17) is 16.3 Å². The molecule has 4 rings (SSSR count). The van der Waals surface area contributed by atoms with Crippen molar-refractivity contribution in [3.63, 3.8) is 0 Å². The minimum absolute atomic E-state index is 0.165. The Morgan fingerprint density at radius 1 is 0.933 bits per heavy atom. The molecule has 1 N–H and O–H groups in total. The van der Waals surface area contributed by atoms with E-state index in [9.17, 15) is 4.79 Å². The van der Waals surface area contributed by atoms with Gasteiger partial charge in [-0.15, -0.1) is 10.2 Å². The topological polar surface area (TPSA) is 73.8 Å². The molecule has 2 saturated heterocycles. The summed E-state index contributed by atoms with van der Waals surface area (Å²) in [7, 11) is 1.56. The van der Waals surface area contributed by atoms with Gasteiger partial charge in [0.25, 0.3) is 0 Å². The van der Waals surface area contributed by atoms with Gasteiger partial charge in [0.1, 0.15) is 5.75 Å². The second-order valence-electron chi connectivity index (χ2n) is 7.55. The van der Waals surface area contributed by atoms with Gasteiger partial charge in [-0.25, -0.2) is 4.79 Å². The Labute approximate surface area is 181 Å². The number of ether oxygens (including phenoxy) is 1. The lowest BCUT2D eigenvalue weighted by Crippen LogP contribution is -2.50. The lowest BCUT2D eigenvalue weighted by atomic mass is 10.1. The number of piperidine rings is 1. The lowest BCUT2D eigenvalue weighted by molar-refractivity contribution is 0.208. The van der Waals surface area contributed by atoms with Crippen molar-refractivity contribution in [2.75, 3.05) is 61.5 Å². The minimum atomic E-state index is -0.165. The Balaban J connectivity index is 1.32. The average molecular weight is 431 g/mol. The molecule has 2 aliphatic rings. The standard InChI is InChI=1S/C21H27ClN6O2/c1-30-18-6-5-16(22)15-17(18)23-21(29)28-13-11-27(12-14-28)20-8-7-19(24-25-20)26-9-3-2-4-10-26/h5-8,15H,2-4,9-14H2,1H3,(H,23,29). The smallest absolute Gasteiger partial charge is 0.322 e. The minimum Gasteiger partial charge on any atom is -0.495 e. The predicted molar refractivity (Wildman–Crippen MR) is 119 cm³/mol. The van der Waals surface area contributed by atoms with E-state index in [-0.39, 0.29) is 6.03 Å². The molecular formula is C21H27ClN6O2. The summed E-state index contributed by atoms with van der Waals surface area (Å²) in [5, 5.41) is 12.3. The molecule has 160 valence electrons. The van der Waals surface area contributed by atoms with E-state index in [2.05, 4.69) is 31.4 Å². The van der Waals surface area contributed by atoms with E-state index in [0.29, 0.717) is 42.6 Å². The van der Waals surface area contributed by atoms with Gasteiger partial charge in [-0.1, -0.05) is 11.6 Å². The third-order valence-electron chi connectivity index (χ3n) is 5.61. The molecule has 0 radical (unpaired) electrons. The second kappa shape index (κ2) is 9.38. The maximum absolute atomic E-state index is 12.7. The van der Waals surface area contributed by atoms with E-state index < -0.39 is 0 Å². The SMILES string of the molecule is COc1ccc(Cl)cc1NC(=O)N1CCN(c2ccc(N3CCCCC3)nn2)CC1. The van der Waals surface area contributed by atoms with Crippen molar-refractivity contribution in [3.05, 3.63) is 35.4 Å². The summed E-state index contributed by atoms with van der Waals surface area (Å²) in [6.07, 6.45) is 3.73. The first-order valence-electron chi connectivity index (χ1n) is 10.4. The van der Waals surface area contributed by atoms with Crippen LogP contribution in [0.5, 0.6) is 5.75 Å². The highest BCUT2D eigenvalue weighted by Crippen LogP contribution is 2.28. The first kappa shape index (κ1) is 20.5. The fourth-order valence-corrected chi connectivity index (χ4v) is 4.06. The number of piperazine rings is 1. The molecule has 9 heteroatoms. The number of carbonyl (C=O) groups excluding carboxylic acids is 1. The van der Waals surface area contributed by atoms with Gasteiger partial charge >= 0.3 is 6.03 Å². The van der Waals surface area contributed by atoms with Crippen LogP contribution < -0.4 is 19.9 Å². The Morgan fingerprint density at radius 2 is 1.57 bits per heavy atom. The van der Waals surface area contributed by atoms with E-state index in [1.807, 2.05) is 6.07 Å². The number of amides is 2.